The standard InChI is InChI=1S/C23H21NO6/c25-20(11-12-23(26)27)19-13-21(29-15-17-7-3-1-4-8-17)22(14-24(19)28)30-16-18-9-5-2-6-10-18/h1-10,13-14H,11-12,15-16H2,(H-,25,26,27,28)/p+1. The van der Waals surface area contributed by atoms with E-state index in [4.69, 9.17) is 14.6 Å². The number of carboxylic acids is 1. The highest BCUT2D eigenvalue weighted by atomic mass is 16.5. The number of Topliss-reactive ketones (excluding diaryl/α,β-unsaturated/α-hetero) is 1. The van der Waals surface area contributed by atoms with Gasteiger partial charge in [0.2, 0.25) is 11.5 Å². The number of carboxylic acid groups (broad SMARTS) is 1. The molecule has 0 atom stereocenters. The second-order valence-electron chi connectivity index (χ2n) is 6.60. The SMILES string of the molecule is O=C(O)CCC(=O)c1cc(OCc2ccccc2)c(OCc2ccccc2)c[n+]1O. The molecule has 3 rings (SSSR count). The fourth-order valence-corrected chi connectivity index (χ4v) is 2.75. The molecule has 0 radical (unpaired) electrons. The summed E-state index contributed by atoms with van der Waals surface area (Å²) in [6.07, 6.45) is 0.681. The van der Waals surface area contributed by atoms with Crippen LogP contribution in [0, 0.1) is 0 Å². The second-order valence-corrected chi connectivity index (χ2v) is 6.60. The third-order valence-corrected chi connectivity index (χ3v) is 4.32. The number of aliphatic carboxylic acids is 1. The lowest BCUT2D eigenvalue weighted by Crippen LogP contribution is -2.37. The summed E-state index contributed by atoms with van der Waals surface area (Å²) in [6, 6.07) is 20.3. The number of ether oxygens (including phenoxy) is 2. The van der Waals surface area contributed by atoms with Crippen LogP contribution in [0.2, 0.25) is 0 Å². The van der Waals surface area contributed by atoms with Crippen LogP contribution >= 0.6 is 0 Å². The van der Waals surface area contributed by atoms with Gasteiger partial charge in [-0.3, -0.25) is 14.8 Å². The van der Waals surface area contributed by atoms with Crippen molar-refractivity contribution in [3.63, 3.8) is 0 Å². The first-order valence-electron chi connectivity index (χ1n) is 9.40. The van der Waals surface area contributed by atoms with Gasteiger partial charge in [0.1, 0.15) is 13.2 Å². The van der Waals surface area contributed by atoms with Crippen LogP contribution < -0.4 is 14.2 Å². The lowest BCUT2D eigenvalue weighted by Gasteiger charge is -2.12. The number of carbonyl (C=O) groups excluding carboxylic acids is 1. The van der Waals surface area contributed by atoms with Gasteiger partial charge in [-0.1, -0.05) is 60.7 Å². The fourth-order valence-electron chi connectivity index (χ4n) is 2.75. The van der Waals surface area contributed by atoms with Gasteiger partial charge in [-0.2, -0.15) is 0 Å². The first-order chi connectivity index (χ1) is 14.5. The Morgan fingerprint density at radius 1 is 0.800 bits per heavy atom. The van der Waals surface area contributed by atoms with E-state index in [0.717, 1.165) is 11.1 Å². The van der Waals surface area contributed by atoms with Gasteiger partial charge in [-0.25, -0.2) is 0 Å². The number of pyridine rings is 1. The Kier molecular flexibility index (Phi) is 7.00. The molecule has 7 nitrogen and oxygen atoms in total. The Labute approximate surface area is 173 Å². The molecule has 0 saturated carbocycles. The minimum absolute atomic E-state index is 0.0774. The second kappa shape index (κ2) is 10.1. The predicted octanol–water partition coefficient (Wildman–Crippen LogP) is 3.42. The number of hydrogen-bond donors (Lipinski definition) is 2. The largest absolute Gasteiger partial charge is 0.484 e. The van der Waals surface area contributed by atoms with Crippen molar-refractivity contribution < 1.29 is 34.1 Å². The zero-order valence-electron chi connectivity index (χ0n) is 16.2. The van der Waals surface area contributed by atoms with Gasteiger partial charge < -0.3 is 14.6 Å². The van der Waals surface area contributed by atoms with Crippen molar-refractivity contribution in [1.82, 2.24) is 0 Å². The Balaban J connectivity index is 1.83. The maximum absolute atomic E-state index is 12.3. The number of benzene rings is 2. The minimum Gasteiger partial charge on any atom is -0.484 e. The molecular formula is C23H22NO6+. The highest BCUT2D eigenvalue weighted by Gasteiger charge is 2.25. The Morgan fingerprint density at radius 3 is 1.87 bits per heavy atom. The lowest BCUT2D eigenvalue weighted by molar-refractivity contribution is -0.906. The lowest BCUT2D eigenvalue weighted by atomic mass is 10.1. The molecule has 0 saturated heterocycles. The summed E-state index contributed by atoms with van der Waals surface area (Å²) in [5.41, 5.74) is 1.77. The summed E-state index contributed by atoms with van der Waals surface area (Å²) in [7, 11) is 0. The van der Waals surface area contributed by atoms with Crippen molar-refractivity contribution in [2.75, 3.05) is 0 Å². The van der Waals surface area contributed by atoms with Gasteiger partial charge in [0, 0.05) is 11.2 Å². The predicted molar refractivity (Wildman–Crippen MR) is 107 cm³/mol. The van der Waals surface area contributed by atoms with E-state index in [1.807, 2.05) is 60.7 Å². The summed E-state index contributed by atoms with van der Waals surface area (Å²) >= 11 is 0. The van der Waals surface area contributed by atoms with E-state index in [-0.39, 0.29) is 43.2 Å². The van der Waals surface area contributed by atoms with Gasteiger partial charge in [-0.05, 0) is 11.1 Å². The monoisotopic (exact) mass is 408 g/mol. The number of nitrogens with zero attached hydrogens (tertiary/aromatic N) is 1. The Hall–Kier alpha value is -3.87. The van der Waals surface area contributed by atoms with Crippen molar-refractivity contribution in [3.8, 4) is 11.5 Å². The quantitative estimate of drug-likeness (QED) is 0.303. The molecule has 0 aliphatic carbocycles. The topological polar surface area (TPSA) is 96.9 Å². The first kappa shape index (κ1) is 20.9. The van der Waals surface area contributed by atoms with Crippen molar-refractivity contribution in [3.05, 3.63) is 89.7 Å². The molecular weight excluding hydrogens is 386 g/mol. The van der Waals surface area contributed by atoms with Gasteiger partial charge in [0.15, 0.2) is 5.75 Å². The van der Waals surface area contributed by atoms with Gasteiger partial charge in [-0.15, -0.1) is 0 Å². The Bertz CT molecular complexity index is 1000. The summed E-state index contributed by atoms with van der Waals surface area (Å²) in [5.74, 6) is -1.07. The van der Waals surface area contributed by atoms with E-state index < -0.39 is 11.8 Å². The number of aromatic nitrogens is 1. The van der Waals surface area contributed by atoms with E-state index in [2.05, 4.69) is 0 Å². The maximum atomic E-state index is 12.3. The van der Waals surface area contributed by atoms with E-state index >= 15 is 0 Å². The Morgan fingerprint density at radius 2 is 1.33 bits per heavy atom. The van der Waals surface area contributed by atoms with Gasteiger partial charge >= 0.3 is 11.7 Å². The van der Waals surface area contributed by atoms with Crippen LogP contribution in [0.1, 0.15) is 34.5 Å². The number of ketones is 1. The van der Waals surface area contributed by atoms with E-state index in [1.54, 1.807) is 0 Å². The first-order valence-corrected chi connectivity index (χ1v) is 9.40. The van der Waals surface area contributed by atoms with Crippen LogP contribution in [0.3, 0.4) is 0 Å². The molecule has 1 aromatic heterocycles. The zero-order chi connectivity index (χ0) is 21.3. The molecule has 2 N–H and O–H groups in total. The van der Waals surface area contributed by atoms with Crippen LogP contribution in [-0.2, 0) is 18.0 Å². The average Bonchev–Trinajstić information content (AvgIpc) is 2.76. The smallest absolute Gasteiger partial charge is 0.303 e. The highest BCUT2D eigenvalue weighted by Crippen LogP contribution is 2.28. The van der Waals surface area contributed by atoms with Crippen LogP contribution in [0.25, 0.3) is 0 Å². The molecule has 154 valence electrons. The minimum atomic E-state index is -1.09. The summed E-state index contributed by atoms with van der Waals surface area (Å²) in [5, 5.41) is 19.0. The van der Waals surface area contributed by atoms with Crippen molar-refractivity contribution >= 4 is 11.8 Å². The van der Waals surface area contributed by atoms with Crippen molar-refractivity contribution in [1.29, 1.82) is 0 Å². The molecule has 0 fully saturated rings. The molecule has 0 amide bonds. The third kappa shape index (κ3) is 5.81. The van der Waals surface area contributed by atoms with Crippen LogP contribution in [0.4, 0.5) is 0 Å². The maximum Gasteiger partial charge on any atom is 0.303 e. The molecule has 3 aromatic rings. The molecule has 0 bridgehead atoms. The molecule has 1 heterocycles. The van der Waals surface area contributed by atoms with Crippen LogP contribution in [-0.4, -0.2) is 22.1 Å². The third-order valence-electron chi connectivity index (χ3n) is 4.32. The van der Waals surface area contributed by atoms with Crippen LogP contribution in [0.15, 0.2) is 72.9 Å². The van der Waals surface area contributed by atoms with Crippen LogP contribution in [0.5, 0.6) is 11.5 Å². The van der Waals surface area contributed by atoms with Gasteiger partial charge in [0.05, 0.1) is 12.5 Å². The van der Waals surface area contributed by atoms with Crippen molar-refractivity contribution in [2.45, 2.75) is 26.1 Å². The van der Waals surface area contributed by atoms with E-state index in [1.165, 1.54) is 12.3 Å². The zero-order valence-corrected chi connectivity index (χ0v) is 16.2. The molecule has 30 heavy (non-hydrogen) atoms. The van der Waals surface area contributed by atoms with Crippen molar-refractivity contribution in [2.24, 2.45) is 0 Å². The molecule has 0 aliphatic rings. The number of rotatable bonds is 10. The summed E-state index contributed by atoms with van der Waals surface area (Å²) in [6.45, 7) is 0.482. The van der Waals surface area contributed by atoms with E-state index in [9.17, 15) is 14.8 Å². The molecule has 2 aromatic carbocycles. The van der Waals surface area contributed by atoms with Gasteiger partial charge in [0.25, 0.3) is 6.20 Å². The highest BCUT2D eigenvalue weighted by molar-refractivity contribution is 5.94. The number of carbonyl (C=O) groups is 2. The summed E-state index contributed by atoms with van der Waals surface area (Å²) in [4.78, 5) is 23.1. The fraction of sp³-hybridized carbons (Fsp3) is 0.174. The molecule has 7 heteroatoms. The molecule has 0 aliphatic heterocycles. The normalized spacial score (nSPS) is 10.4. The van der Waals surface area contributed by atoms with E-state index in [0.29, 0.717) is 4.73 Å². The molecule has 0 spiro atoms. The number of hydrogen-bond acceptors (Lipinski definition) is 5. The molecule has 0 unspecified atom stereocenters. The average molecular weight is 408 g/mol. The summed E-state index contributed by atoms with van der Waals surface area (Å²) < 4.78 is 12.3.